The van der Waals surface area contributed by atoms with Crippen LogP contribution in [0.3, 0.4) is 0 Å². The van der Waals surface area contributed by atoms with Crippen molar-refractivity contribution in [3.8, 4) is 0 Å². The van der Waals surface area contributed by atoms with E-state index < -0.39 is 36.4 Å². The second-order valence-electron chi connectivity index (χ2n) is 9.14. The molecule has 4 N–H and O–H groups in total. The van der Waals surface area contributed by atoms with Crippen molar-refractivity contribution in [1.29, 1.82) is 0 Å². The van der Waals surface area contributed by atoms with Crippen molar-refractivity contribution in [3.63, 3.8) is 0 Å². The van der Waals surface area contributed by atoms with Crippen LogP contribution in [0.1, 0.15) is 36.3 Å². The van der Waals surface area contributed by atoms with Crippen LogP contribution in [0.5, 0.6) is 0 Å². The maximum Gasteiger partial charge on any atom is 0.336 e. The molecule has 0 bridgehead atoms. The first-order chi connectivity index (χ1) is 18.4. The van der Waals surface area contributed by atoms with Gasteiger partial charge in [-0.25, -0.2) is 19.7 Å². The molecule has 0 aliphatic heterocycles. The van der Waals surface area contributed by atoms with E-state index in [0.29, 0.717) is 0 Å². The molecule has 0 fully saturated rings. The summed E-state index contributed by atoms with van der Waals surface area (Å²) in [5.41, 5.74) is -1.64. The van der Waals surface area contributed by atoms with Crippen LogP contribution in [0.2, 0.25) is 0 Å². The van der Waals surface area contributed by atoms with E-state index in [0.717, 1.165) is 55.6 Å². The van der Waals surface area contributed by atoms with Gasteiger partial charge in [0.1, 0.15) is 11.5 Å². The number of hydrogen-bond donors (Lipinski definition) is 4. The zero-order chi connectivity index (χ0) is 29.0. The Bertz CT molecular complexity index is 1180. The summed E-state index contributed by atoms with van der Waals surface area (Å²) in [7, 11) is 3.88. The summed E-state index contributed by atoms with van der Waals surface area (Å²) >= 11 is 0. The highest BCUT2D eigenvalue weighted by Crippen LogP contribution is 2.16. The quantitative estimate of drug-likeness (QED) is 0.227. The Morgan fingerprint density at radius 3 is 2.13 bits per heavy atom. The summed E-state index contributed by atoms with van der Waals surface area (Å²) in [6.45, 7) is 5.43. The Kier molecular flexibility index (Phi) is 11.6. The normalized spacial score (nSPS) is 11.1. The third kappa shape index (κ3) is 10.9. The highest BCUT2D eigenvalue weighted by Gasteiger charge is 2.40. The summed E-state index contributed by atoms with van der Waals surface area (Å²) in [5.74, 6) is -2.37. The van der Waals surface area contributed by atoms with E-state index in [4.69, 9.17) is 24.8 Å². The molecule has 0 saturated heterocycles. The van der Waals surface area contributed by atoms with Crippen LogP contribution in [0.15, 0.2) is 47.7 Å². The number of imidazole rings is 1. The van der Waals surface area contributed by atoms with E-state index in [9.17, 15) is 14.4 Å². The maximum absolute atomic E-state index is 10.3. The van der Waals surface area contributed by atoms with Gasteiger partial charge in [-0.2, -0.15) is 0 Å². The van der Waals surface area contributed by atoms with Crippen molar-refractivity contribution in [2.45, 2.75) is 51.4 Å². The molecule has 39 heavy (non-hydrogen) atoms. The van der Waals surface area contributed by atoms with E-state index in [-0.39, 0.29) is 0 Å². The minimum absolute atomic E-state index is 0.724. The largest absolute Gasteiger partial charge is 0.481 e. The molecule has 0 aromatic carbocycles. The van der Waals surface area contributed by atoms with E-state index in [1.807, 2.05) is 69.2 Å². The number of nitrogens with zero attached hydrogens (tertiary/aromatic N) is 6. The van der Waals surface area contributed by atoms with Crippen molar-refractivity contribution in [2.75, 3.05) is 25.5 Å². The topological polar surface area (TPSA) is 195 Å². The number of carboxylic acid groups (broad SMARTS) is 3. The van der Waals surface area contributed by atoms with E-state index in [1.54, 1.807) is 0 Å². The van der Waals surface area contributed by atoms with Crippen LogP contribution in [-0.2, 0) is 34.0 Å². The first-order valence-corrected chi connectivity index (χ1v) is 12.0. The summed E-state index contributed by atoms with van der Waals surface area (Å²) < 4.78 is 7.86. The lowest BCUT2D eigenvalue weighted by molar-refractivity contribution is -0.170. The molecular weight excluding hydrogens is 512 g/mol. The fourth-order valence-corrected chi connectivity index (χ4v) is 3.53. The standard InChI is InChI=1S/C19H26N6O.C6H8O7/c1-16-5-6-18(26-16)14-25(9-4-8-24-10-7-20-15-24)13-17-11-21-19(22-12-17)23(2)3;7-3(8)1-6(13,5(11)12)2-4(9)10/h5-7,10-12,15H,4,8-9,13-14H2,1-3H3;13H,1-2H2,(H,7,8)(H,9,10)(H,11,12). The number of aliphatic hydroxyl groups is 1. The smallest absolute Gasteiger partial charge is 0.336 e. The molecule has 0 saturated carbocycles. The number of aryl methyl sites for hydroxylation is 2. The average Bonchev–Trinajstić information content (AvgIpc) is 3.50. The van der Waals surface area contributed by atoms with Gasteiger partial charge in [-0.3, -0.25) is 14.5 Å². The lowest BCUT2D eigenvalue weighted by Crippen LogP contribution is -2.42. The molecule has 212 valence electrons. The minimum Gasteiger partial charge on any atom is -0.481 e. The fraction of sp³-hybridized carbons (Fsp3) is 0.440. The molecule has 0 unspecified atom stereocenters. The SMILES string of the molecule is Cc1ccc(CN(CCCn2ccnc2)Cc2cnc(N(C)C)nc2)o1.O=C(O)CC(O)(CC(=O)O)C(=O)O. The highest BCUT2D eigenvalue weighted by molar-refractivity contribution is 5.88. The van der Waals surface area contributed by atoms with E-state index in [1.165, 1.54) is 0 Å². The summed E-state index contributed by atoms with van der Waals surface area (Å²) in [6.07, 6.45) is 8.21. The van der Waals surface area contributed by atoms with Gasteiger partial charge in [-0.1, -0.05) is 0 Å². The molecule has 3 rings (SSSR count). The third-order valence-electron chi connectivity index (χ3n) is 5.41. The lowest BCUT2D eigenvalue weighted by Gasteiger charge is -2.21. The van der Waals surface area contributed by atoms with Crippen LogP contribution in [0.25, 0.3) is 0 Å². The van der Waals surface area contributed by atoms with Crippen molar-refractivity contribution in [3.05, 3.63) is 60.3 Å². The zero-order valence-corrected chi connectivity index (χ0v) is 22.1. The molecule has 3 heterocycles. The van der Waals surface area contributed by atoms with Crippen LogP contribution >= 0.6 is 0 Å². The molecule has 0 aliphatic carbocycles. The molecule has 0 aliphatic rings. The number of carbonyl (C=O) groups is 3. The van der Waals surface area contributed by atoms with Crippen molar-refractivity contribution >= 4 is 23.9 Å². The van der Waals surface area contributed by atoms with Gasteiger partial charge >= 0.3 is 17.9 Å². The van der Waals surface area contributed by atoms with Crippen LogP contribution < -0.4 is 4.90 Å². The number of aromatic nitrogens is 4. The fourth-order valence-electron chi connectivity index (χ4n) is 3.53. The molecule has 3 aromatic rings. The number of rotatable bonds is 14. The lowest BCUT2D eigenvalue weighted by atomic mass is 9.96. The average molecular weight is 547 g/mol. The van der Waals surface area contributed by atoms with Crippen molar-refractivity contribution < 1.29 is 39.2 Å². The molecule has 3 aromatic heterocycles. The predicted molar refractivity (Wildman–Crippen MR) is 138 cm³/mol. The molecule has 0 atom stereocenters. The first kappa shape index (κ1) is 30.9. The van der Waals surface area contributed by atoms with Gasteiger partial charge in [0.2, 0.25) is 5.95 Å². The van der Waals surface area contributed by atoms with Crippen LogP contribution in [-0.4, -0.2) is 89.0 Å². The summed E-state index contributed by atoms with van der Waals surface area (Å²) in [5, 5.41) is 33.8. The molecule has 0 amide bonds. The Labute approximate surface area is 225 Å². The molecule has 0 spiro atoms. The third-order valence-corrected chi connectivity index (χ3v) is 5.41. The van der Waals surface area contributed by atoms with Crippen molar-refractivity contribution in [1.82, 2.24) is 24.4 Å². The summed E-state index contributed by atoms with van der Waals surface area (Å²) in [6, 6.07) is 4.05. The second kappa shape index (κ2) is 14.6. The number of furan rings is 1. The minimum atomic E-state index is -2.74. The van der Waals surface area contributed by atoms with Gasteiger partial charge in [0.25, 0.3) is 0 Å². The highest BCUT2D eigenvalue weighted by atomic mass is 16.4. The Hall–Kier alpha value is -4.30. The van der Waals surface area contributed by atoms with E-state index in [2.05, 4.69) is 24.4 Å². The predicted octanol–water partition coefficient (Wildman–Crippen LogP) is 1.48. The van der Waals surface area contributed by atoms with Gasteiger partial charge in [-0.15, -0.1) is 0 Å². The number of anilines is 1. The summed E-state index contributed by atoms with van der Waals surface area (Å²) in [4.78, 5) is 47.7. The van der Waals surface area contributed by atoms with Crippen molar-refractivity contribution in [2.24, 2.45) is 0 Å². The van der Waals surface area contributed by atoms with Crippen LogP contribution in [0.4, 0.5) is 5.95 Å². The Morgan fingerprint density at radius 2 is 1.67 bits per heavy atom. The first-order valence-electron chi connectivity index (χ1n) is 12.0. The maximum atomic E-state index is 10.3. The molecular formula is C25H34N6O8. The molecule has 14 nitrogen and oxygen atoms in total. The Balaban J connectivity index is 0.000000349. The number of aliphatic carboxylic acids is 3. The van der Waals surface area contributed by atoms with Gasteiger partial charge in [0.15, 0.2) is 5.60 Å². The number of hydrogen-bond acceptors (Lipinski definition) is 10. The van der Waals surface area contributed by atoms with Gasteiger partial charge in [0.05, 0.1) is 25.7 Å². The van der Waals surface area contributed by atoms with Gasteiger partial charge < -0.3 is 34.3 Å². The monoisotopic (exact) mass is 546 g/mol. The Morgan fingerprint density at radius 1 is 1.03 bits per heavy atom. The van der Waals surface area contributed by atoms with Gasteiger partial charge in [0, 0.05) is 64.1 Å². The van der Waals surface area contributed by atoms with E-state index >= 15 is 0 Å². The zero-order valence-electron chi connectivity index (χ0n) is 22.1. The molecule has 0 radical (unpaired) electrons. The number of carboxylic acids is 3. The van der Waals surface area contributed by atoms with Gasteiger partial charge in [-0.05, 0) is 25.5 Å². The van der Waals surface area contributed by atoms with Crippen LogP contribution in [0, 0.1) is 6.92 Å². The second-order valence-corrected chi connectivity index (χ2v) is 9.14. The molecule has 14 heteroatoms.